The van der Waals surface area contributed by atoms with Gasteiger partial charge in [0.1, 0.15) is 0 Å². The van der Waals surface area contributed by atoms with Gasteiger partial charge in [-0.2, -0.15) is 0 Å². The van der Waals surface area contributed by atoms with Gasteiger partial charge >= 0.3 is 0 Å². The highest BCUT2D eigenvalue weighted by molar-refractivity contribution is 5.85. The maximum absolute atomic E-state index is 5.98. The summed E-state index contributed by atoms with van der Waals surface area (Å²) >= 11 is 0. The summed E-state index contributed by atoms with van der Waals surface area (Å²) < 4.78 is 0. The first-order valence-electron chi connectivity index (χ1n) is 4.00. The third kappa shape index (κ3) is 3.43. The van der Waals surface area contributed by atoms with Crippen LogP contribution in [0.4, 0.5) is 0 Å². The summed E-state index contributed by atoms with van der Waals surface area (Å²) in [6.07, 6.45) is 7.93. The Balaban J connectivity index is 0.000000810. The molecule has 0 aromatic heterocycles. The highest BCUT2D eigenvalue weighted by atomic mass is 35.5. The summed E-state index contributed by atoms with van der Waals surface area (Å²) in [4.78, 5) is 0. The van der Waals surface area contributed by atoms with Crippen molar-refractivity contribution in [1.29, 1.82) is 0 Å². The molecule has 0 saturated heterocycles. The quantitative estimate of drug-likeness (QED) is 0.546. The van der Waals surface area contributed by atoms with Crippen molar-refractivity contribution in [3.63, 3.8) is 0 Å². The van der Waals surface area contributed by atoms with Crippen LogP contribution in [0.3, 0.4) is 0 Å². The molecule has 1 saturated carbocycles. The van der Waals surface area contributed by atoms with E-state index in [1.54, 1.807) is 0 Å². The first-order chi connectivity index (χ1) is 4.21. The summed E-state index contributed by atoms with van der Waals surface area (Å²) in [6, 6.07) is 0. The maximum atomic E-state index is 5.98. The van der Waals surface area contributed by atoms with Crippen LogP contribution in [0.2, 0.25) is 0 Å². The van der Waals surface area contributed by atoms with E-state index in [1.165, 1.54) is 38.5 Å². The Labute approximate surface area is 69.8 Å². The van der Waals surface area contributed by atoms with E-state index < -0.39 is 0 Å². The van der Waals surface area contributed by atoms with Gasteiger partial charge in [-0.25, -0.2) is 0 Å². The van der Waals surface area contributed by atoms with Crippen LogP contribution in [-0.2, 0) is 0 Å². The molecule has 2 N–H and O–H groups in total. The standard InChI is InChI=1S/C8H17N.ClH/c1-8(9)6-4-2-3-5-7-8;/h2-7,9H2,1H3;1H. The molecule has 1 rings (SSSR count). The van der Waals surface area contributed by atoms with Crippen molar-refractivity contribution in [2.45, 2.75) is 51.0 Å². The highest BCUT2D eigenvalue weighted by Gasteiger charge is 2.19. The van der Waals surface area contributed by atoms with Crippen molar-refractivity contribution in [3.8, 4) is 0 Å². The minimum absolute atomic E-state index is 0. The minimum Gasteiger partial charge on any atom is -0.325 e. The monoisotopic (exact) mass is 163 g/mol. The lowest BCUT2D eigenvalue weighted by Crippen LogP contribution is -2.34. The lowest BCUT2D eigenvalue weighted by molar-refractivity contribution is 0.409. The van der Waals surface area contributed by atoms with E-state index in [0.29, 0.717) is 0 Å². The van der Waals surface area contributed by atoms with E-state index in [2.05, 4.69) is 6.92 Å². The van der Waals surface area contributed by atoms with Gasteiger partial charge in [-0.3, -0.25) is 0 Å². The fourth-order valence-corrected chi connectivity index (χ4v) is 1.54. The summed E-state index contributed by atoms with van der Waals surface area (Å²) in [5.41, 5.74) is 6.14. The molecule has 0 atom stereocenters. The van der Waals surface area contributed by atoms with Crippen LogP contribution in [-0.4, -0.2) is 5.54 Å². The van der Waals surface area contributed by atoms with Gasteiger partial charge in [0, 0.05) is 5.54 Å². The van der Waals surface area contributed by atoms with Crippen LogP contribution < -0.4 is 5.73 Å². The van der Waals surface area contributed by atoms with Gasteiger partial charge in [0.05, 0.1) is 0 Å². The third-order valence-corrected chi connectivity index (χ3v) is 2.25. The zero-order chi connectivity index (χ0) is 6.74. The Bertz CT molecular complexity index is 81.3. The fraction of sp³-hybridized carbons (Fsp3) is 1.00. The van der Waals surface area contributed by atoms with Crippen LogP contribution in [0.15, 0.2) is 0 Å². The minimum atomic E-state index is 0. The molecule has 2 heteroatoms. The van der Waals surface area contributed by atoms with Gasteiger partial charge in [0.2, 0.25) is 0 Å². The average Bonchev–Trinajstić information content (AvgIpc) is 1.92. The Morgan fingerprint density at radius 1 is 1.00 bits per heavy atom. The molecule has 0 heterocycles. The number of hydrogen-bond donors (Lipinski definition) is 1. The SMILES string of the molecule is CC1(N)CCCCCC1.Cl. The van der Waals surface area contributed by atoms with E-state index >= 15 is 0 Å². The van der Waals surface area contributed by atoms with E-state index in [1.807, 2.05) is 0 Å². The van der Waals surface area contributed by atoms with Gasteiger partial charge in [-0.05, 0) is 19.8 Å². The highest BCUT2D eigenvalue weighted by Crippen LogP contribution is 2.23. The second-order valence-corrected chi connectivity index (χ2v) is 3.57. The number of hydrogen-bond acceptors (Lipinski definition) is 1. The van der Waals surface area contributed by atoms with Crippen molar-refractivity contribution >= 4 is 12.4 Å². The zero-order valence-electron chi connectivity index (χ0n) is 6.73. The van der Waals surface area contributed by atoms with E-state index in [9.17, 15) is 0 Å². The van der Waals surface area contributed by atoms with Gasteiger partial charge in [0.25, 0.3) is 0 Å². The first-order valence-corrected chi connectivity index (χ1v) is 4.00. The number of halogens is 1. The van der Waals surface area contributed by atoms with Crippen LogP contribution in [0.25, 0.3) is 0 Å². The largest absolute Gasteiger partial charge is 0.325 e. The molecule has 0 spiro atoms. The van der Waals surface area contributed by atoms with E-state index in [4.69, 9.17) is 5.73 Å². The molecule has 0 aromatic carbocycles. The molecular weight excluding hydrogens is 146 g/mol. The van der Waals surface area contributed by atoms with Crippen molar-refractivity contribution in [2.24, 2.45) is 5.73 Å². The molecule has 0 radical (unpaired) electrons. The molecular formula is C8H18ClN. The zero-order valence-corrected chi connectivity index (χ0v) is 7.54. The van der Waals surface area contributed by atoms with Gasteiger partial charge in [0.15, 0.2) is 0 Å². The summed E-state index contributed by atoms with van der Waals surface area (Å²) in [6.45, 7) is 2.18. The molecule has 0 amide bonds. The molecule has 10 heavy (non-hydrogen) atoms. The normalized spacial score (nSPS) is 24.6. The predicted molar refractivity (Wildman–Crippen MR) is 47.5 cm³/mol. The average molecular weight is 164 g/mol. The van der Waals surface area contributed by atoms with Crippen molar-refractivity contribution < 1.29 is 0 Å². The molecule has 1 fully saturated rings. The molecule has 0 bridgehead atoms. The Morgan fingerprint density at radius 2 is 1.40 bits per heavy atom. The Kier molecular flexibility index (Phi) is 4.30. The van der Waals surface area contributed by atoms with Crippen LogP contribution in [0.1, 0.15) is 45.4 Å². The lowest BCUT2D eigenvalue weighted by atomic mass is 9.94. The Morgan fingerprint density at radius 3 is 1.80 bits per heavy atom. The maximum Gasteiger partial charge on any atom is 0.0125 e. The summed E-state index contributed by atoms with van der Waals surface area (Å²) in [5.74, 6) is 0. The molecule has 1 aliphatic rings. The topological polar surface area (TPSA) is 26.0 Å². The summed E-state index contributed by atoms with van der Waals surface area (Å²) in [7, 11) is 0. The van der Waals surface area contributed by atoms with Crippen molar-refractivity contribution in [2.75, 3.05) is 0 Å². The summed E-state index contributed by atoms with van der Waals surface area (Å²) in [5, 5.41) is 0. The van der Waals surface area contributed by atoms with E-state index in [0.717, 1.165) is 0 Å². The first kappa shape index (κ1) is 10.2. The fourth-order valence-electron chi connectivity index (χ4n) is 1.54. The van der Waals surface area contributed by atoms with Gasteiger partial charge in [-0.1, -0.05) is 25.7 Å². The second kappa shape index (κ2) is 4.20. The van der Waals surface area contributed by atoms with Gasteiger partial charge < -0.3 is 5.73 Å². The van der Waals surface area contributed by atoms with Gasteiger partial charge in [-0.15, -0.1) is 12.4 Å². The molecule has 0 unspecified atom stereocenters. The Hall–Kier alpha value is 0.250. The van der Waals surface area contributed by atoms with Crippen LogP contribution >= 0.6 is 12.4 Å². The van der Waals surface area contributed by atoms with E-state index in [-0.39, 0.29) is 17.9 Å². The number of nitrogens with two attached hydrogens (primary N) is 1. The molecule has 0 aromatic rings. The smallest absolute Gasteiger partial charge is 0.0125 e. The second-order valence-electron chi connectivity index (χ2n) is 3.57. The van der Waals surface area contributed by atoms with Crippen molar-refractivity contribution in [1.82, 2.24) is 0 Å². The molecule has 62 valence electrons. The lowest BCUT2D eigenvalue weighted by Gasteiger charge is -2.21. The molecule has 1 nitrogen and oxygen atoms in total. The molecule has 1 aliphatic carbocycles. The third-order valence-electron chi connectivity index (χ3n) is 2.25. The van der Waals surface area contributed by atoms with Crippen molar-refractivity contribution in [3.05, 3.63) is 0 Å². The molecule has 0 aliphatic heterocycles. The predicted octanol–water partition coefficient (Wildman–Crippen LogP) is 2.48. The van der Waals surface area contributed by atoms with Crippen LogP contribution in [0.5, 0.6) is 0 Å². The number of rotatable bonds is 0. The van der Waals surface area contributed by atoms with Crippen LogP contribution in [0, 0.1) is 0 Å².